The molecule has 0 fully saturated rings. The van der Waals surface area contributed by atoms with Gasteiger partial charge >= 0.3 is 0 Å². The summed E-state index contributed by atoms with van der Waals surface area (Å²) in [4.78, 5) is 41.8. The first-order valence-electron chi connectivity index (χ1n) is 24.0. The number of nitrogens with one attached hydrogen (secondary N) is 1. The summed E-state index contributed by atoms with van der Waals surface area (Å²) in [5.41, 5.74) is 12.8. The van der Waals surface area contributed by atoms with Crippen LogP contribution in [-0.4, -0.2) is 154 Å². The van der Waals surface area contributed by atoms with E-state index in [2.05, 4.69) is 44.8 Å². The standard InChI is InChI=1S/C48H67N5O10.2C2H4O2.Lu/c1-7-35-36(8-2)40-28-42-38(12-10-14-55)34(4)46(53-42)32-50-44-30-48(63-26-24-61-22-20-59-18-16-57-6)47(62-25-23-60-21-19-58-17-15-56-5)29-43(44)49-31-45-33(3)37(11-9-13-54)41(52-45)27-39(35)51-40;2*1-2(3)4;/h27-32,51,54-55H,7-26H2,1-6H3;2*1H3,(H,3,4);/p-2. The Morgan fingerprint density at radius 1 is 0.556 bits per heavy atom. The Hall–Kier alpha value is -4.41. The number of nitrogens with zero attached hydrogens (tertiary/aromatic N) is 4. The van der Waals surface area contributed by atoms with E-state index in [4.69, 9.17) is 77.6 Å². The molecule has 0 unspecified atom stereocenters. The molecule has 20 heteroatoms. The van der Waals surface area contributed by atoms with Gasteiger partial charge in [-0.1, -0.05) is 13.8 Å². The molecule has 0 aliphatic carbocycles. The third-order valence-corrected chi connectivity index (χ3v) is 10.8. The number of carbonyl (C=O) groups excluding carboxylic acids is 2. The molecule has 0 spiro atoms. The summed E-state index contributed by atoms with van der Waals surface area (Å²) in [6.45, 7) is 15.5. The van der Waals surface area contributed by atoms with E-state index in [1.807, 2.05) is 12.1 Å². The second-order valence-corrected chi connectivity index (χ2v) is 16.0. The van der Waals surface area contributed by atoms with E-state index in [0.29, 0.717) is 114 Å². The Morgan fingerprint density at radius 2 is 0.889 bits per heavy atom. The third-order valence-electron chi connectivity index (χ3n) is 10.8. The minimum atomic E-state index is -1.08. The Bertz CT molecular complexity index is 2240. The van der Waals surface area contributed by atoms with Crippen LogP contribution in [0.2, 0.25) is 0 Å². The predicted molar refractivity (Wildman–Crippen MR) is 267 cm³/mol. The van der Waals surface area contributed by atoms with Crippen LogP contribution in [-0.2, 0) is 50.9 Å². The van der Waals surface area contributed by atoms with E-state index in [1.54, 1.807) is 26.6 Å². The first kappa shape index (κ1) is 63.7. The molecule has 6 bridgehead atoms. The first-order valence-corrected chi connectivity index (χ1v) is 24.0. The number of hydrogen-bond acceptors (Lipinski definition) is 18. The van der Waals surface area contributed by atoms with E-state index in [1.165, 1.54) is 11.1 Å². The number of carboxylic acid groups (broad SMARTS) is 2. The minimum Gasteiger partial charge on any atom is -0.550 e. The molecule has 5 rings (SSSR count). The van der Waals surface area contributed by atoms with Gasteiger partial charge in [0.2, 0.25) is 0 Å². The maximum absolute atomic E-state index is 9.86. The Balaban J connectivity index is 0.00000183. The largest absolute Gasteiger partial charge is 0.550 e. The van der Waals surface area contributed by atoms with Crippen LogP contribution < -0.4 is 19.7 Å². The molecular weight excluding hydrogens is 1090 g/mol. The molecule has 1 aromatic carbocycles. The molecular formula is C52H73LuN5O14-2. The van der Waals surface area contributed by atoms with E-state index in [9.17, 15) is 10.2 Å². The Kier molecular flexibility index (Phi) is 32.3. The number of aliphatic hydroxyl groups excluding tert-OH is 2. The molecule has 19 nitrogen and oxygen atoms in total. The number of rotatable bonds is 28. The van der Waals surface area contributed by atoms with Crippen molar-refractivity contribution in [2.45, 2.75) is 80.1 Å². The van der Waals surface area contributed by atoms with Crippen molar-refractivity contribution in [2.24, 2.45) is 0 Å². The topological polar surface area (TPSA) is 262 Å². The number of carboxylic acids is 2. The summed E-state index contributed by atoms with van der Waals surface area (Å²) in [5.74, 6) is -1.24. The Labute approximate surface area is 452 Å². The molecule has 407 valence electrons. The van der Waals surface area contributed by atoms with E-state index in [-0.39, 0.29) is 63.3 Å². The van der Waals surface area contributed by atoms with Crippen LogP contribution in [0.15, 0.2) is 36.7 Å². The summed E-state index contributed by atoms with van der Waals surface area (Å²) < 4.78 is 45.3. The predicted octanol–water partition coefficient (Wildman–Crippen LogP) is 4.50. The van der Waals surface area contributed by atoms with Crippen molar-refractivity contribution in [3.63, 3.8) is 0 Å². The molecule has 2 aromatic heterocycles. The molecule has 0 saturated carbocycles. The zero-order chi connectivity index (χ0) is 52.0. The summed E-state index contributed by atoms with van der Waals surface area (Å²) in [5, 5.41) is 37.5. The molecule has 72 heavy (non-hydrogen) atoms. The average Bonchev–Trinajstić information content (AvgIpc) is 3.94. The fourth-order valence-corrected chi connectivity index (χ4v) is 7.42. The summed E-state index contributed by atoms with van der Waals surface area (Å²) >= 11 is 0. The minimum absolute atomic E-state index is 0. The molecule has 2 aliphatic rings. The monoisotopic (exact) mass is 1170 g/mol. The maximum atomic E-state index is 9.86. The summed E-state index contributed by atoms with van der Waals surface area (Å²) in [7, 11) is 3.28. The Morgan fingerprint density at radius 3 is 1.21 bits per heavy atom. The fourth-order valence-electron chi connectivity index (χ4n) is 7.42. The van der Waals surface area contributed by atoms with Gasteiger partial charge < -0.3 is 72.9 Å². The molecule has 0 amide bonds. The number of benzene rings is 1. The molecule has 0 atom stereocenters. The average molecular weight is 1170 g/mol. The van der Waals surface area contributed by atoms with Gasteiger partial charge in [0.25, 0.3) is 0 Å². The van der Waals surface area contributed by atoms with Crippen molar-refractivity contribution in [1.29, 1.82) is 0 Å². The van der Waals surface area contributed by atoms with Gasteiger partial charge in [0.1, 0.15) is 13.2 Å². The van der Waals surface area contributed by atoms with Gasteiger partial charge in [-0.05, 0) is 112 Å². The molecule has 3 aromatic rings. The number of carbonyl (C=O) groups is 2. The second-order valence-electron chi connectivity index (χ2n) is 16.0. The van der Waals surface area contributed by atoms with Gasteiger partial charge in [-0.15, -0.1) is 0 Å². The summed E-state index contributed by atoms with van der Waals surface area (Å²) in [6, 6.07) is 7.90. The molecule has 3 N–H and O–H groups in total. The van der Waals surface area contributed by atoms with Crippen molar-refractivity contribution in [1.82, 2.24) is 24.9 Å². The van der Waals surface area contributed by atoms with E-state index in [0.717, 1.165) is 82.8 Å². The van der Waals surface area contributed by atoms with E-state index < -0.39 is 11.9 Å². The van der Waals surface area contributed by atoms with Gasteiger partial charge in [0, 0.05) is 99.4 Å². The zero-order valence-corrected chi connectivity index (χ0v) is 44.6. The quantitative estimate of drug-likeness (QED) is 0.0846. The molecule has 1 radical (unpaired) electrons. The number of aromatic nitrogens is 5. The van der Waals surface area contributed by atoms with Gasteiger partial charge in [0.15, 0.2) is 11.5 Å². The normalized spacial score (nSPS) is 11.8. The summed E-state index contributed by atoms with van der Waals surface area (Å²) in [6.07, 6.45) is 7.74. The zero-order valence-electron chi connectivity index (χ0n) is 42.9. The van der Waals surface area contributed by atoms with Crippen LogP contribution in [0.3, 0.4) is 0 Å². The number of aromatic amines is 1. The SMILES string of the molecule is CC(=O)[O-].CC(=O)[O-].CCc1c(CC)c2cc3nc(cnc4cc(OCCOCCOCCOC)c(OCCOCCOCCOC)cc4ncc4nc(cc1[nH]2)C(CCCO)=C4C)C(C)=C3CCCO.[Lu]. The fraction of sp³-hybridized carbons (Fsp3) is 0.538. The van der Waals surface area contributed by atoms with Crippen LogP contribution in [0.25, 0.3) is 44.4 Å². The van der Waals surface area contributed by atoms with Crippen molar-refractivity contribution < 1.29 is 105 Å². The van der Waals surface area contributed by atoms with Crippen LogP contribution in [0.4, 0.5) is 0 Å². The number of allylic oxidation sites excluding steroid dienone is 4. The van der Waals surface area contributed by atoms with Gasteiger partial charge in [-0.2, -0.15) is 0 Å². The third kappa shape index (κ3) is 22.0. The van der Waals surface area contributed by atoms with Crippen molar-refractivity contribution in [3.05, 3.63) is 70.6 Å². The van der Waals surface area contributed by atoms with Crippen LogP contribution in [0.1, 0.15) is 101 Å². The number of ether oxygens (including phenoxy) is 8. The van der Waals surface area contributed by atoms with Gasteiger partial charge in [0.05, 0.1) is 112 Å². The van der Waals surface area contributed by atoms with Crippen LogP contribution in [0, 0.1) is 36.9 Å². The smallest absolute Gasteiger partial charge is 0.163 e. The molecule has 0 saturated heterocycles. The van der Waals surface area contributed by atoms with Crippen LogP contribution >= 0.6 is 0 Å². The van der Waals surface area contributed by atoms with Crippen LogP contribution in [0.5, 0.6) is 11.5 Å². The number of methoxy groups -OCH3 is 2. The van der Waals surface area contributed by atoms with Gasteiger partial charge in [-0.25, -0.2) is 9.97 Å². The maximum Gasteiger partial charge on any atom is 0.163 e. The number of fused-ring (bicyclic) bond motifs is 7. The number of aliphatic carboxylic acids is 2. The number of hydrogen-bond donors (Lipinski definition) is 3. The second kappa shape index (κ2) is 36.5. The van der Waals surface area contributed by atoms with Crippen molar-refractivity contribution in [3.8, 4) is 11.5 Å². The van der Waals surface area contributed by atoms with Gasteiger partial charge in [-0.3, -0.25) is 9.97 Å². The van der Waals surface area contributed by atoms with E-state index >= 15 is 0 Å². The molecule has 4 heterocycles. The van der Waals surface area contributed by atoms with Crippen molar-refractivity contribution >= 4 is 56.3 Å². The molecule has 2 aliphatic heterocycles. The number of aryl methyl sites for hydroxylation is 2. The number of H-pyrrole nitrogens is 1. The first-order chi connectivity index (χ1) is 34.3. The number of aliphatic hydroxyl groups is 2. The van der Waals surface area contributed by atoms with Crippen molar-refractivity contribution in [2.75, 3.05) is 107 Å².